The second-order valence-electron chi connectivity index (χ2n) is 23.8. The molecule has 0 radical (unpaired) electrons. The third kappa shape index (κ3) is 44.2. The fourth-order valence-electron chi connectivity index (χ4n) is 11.1. The Morgan fingerprint density at radius 1 is 0.346 bits per heavy atom. The molecule has 0 bridgehead atoms. The molecule has 0 aliphatic rings. The highest BCUT2D eigenvalue weighted by atomic mass is 16.5. The average Bonchev–Trinajstić information content (AvgIpc) is 3.48. The van der Waals surface area contributed by atoms with Crippen molar-refractivity contribution in [2.45, 2.75) is 343 Å². The van der Waals surface area contributed by atoms with Gasteiger partial charge in [0.15, 0.2) is 0 Å². The summed E-state index contributed by atoms with van der Waals surface area (Å²) in [6, 6.07) is 0. The molecule has 1 aromatic rings. The van der Waals surface area contributed by atoms with Crippen molar-refractivity contribution in [3.63, 3.8) is 0 Å². The first-order chi connectivity index (χ1) is 38.3. The number of nitrogens with one attached hydrogen (secondary N) is 2. The van der Waals surface area contributed by atoms with E-state index >= 15 is 0 Å². The standard InChI is InChI=1S/C68H130N4O6/c1-6-11-16-21-26-37-46-61-77-63(73)51-40-31-27-35-44-57-72(58-45-36-28-32-41-52-64(74)78-62(49-38-29-22-17-12-7-2)50-39-30-23-18-13-8-3)60-48-54-70-66-65(67(75)68(66)76)69-53-47-59-71(55-42-33-24-19-14-9-4)56-43-34-25-20-15-10-5/h62,69-70H,6-61H2,1-5H3. The molecule has 0 heterocycles. The molecule has 0 aliphatic heterocycles. The van der Waals surface area contributed by atoms with Crippen molar-refractivity contribution in [2.75, 3.05) is 69.6 Å². The lowest BCUT2D eigenvalue weighted by molar-refractivity contribution is -0.150. The number of unbranched alkanes of at least 4 members (excludes halogenated alkanes) is 34. The van der Waals surface area contributed by atoms with Crippen LogP contribution in [-0.4, -0.2) is 86.8 Å². The number of carbonyl (C=O) groups is 2. The predicted octanol–water partition coefficient (Wildman–Crippen LogP) is 18.6. The van der Waals surface area contributed by atoms with E-state index in [1.807, 2.05) is 0 Å². The van der Waals surface area contributed by atoms with E-state index in [4.69, 9.17) is 9.47 Å². The summed E-state index contributed by atoms with van der Waals surface area (Å²) in [6.45, 7) is 19.6. The molecule has 0 amide bonds. The van der Waals surface area contributed by atoms with Crippen molar-refractivity contribution in [3.8, 4) is 0 Å². The lowest BCUT2D eigenvalue weighted by Gasteiger charge is -2.23. The Morgan fingerprint density at radius 3 is 0.987 bits per heavy atom. The fourth-order valence-corrected chi connectivity index (χ4v) is 11.1. The van der Waals surface area contributed by atoms with Crippen molar-refractivity contribution in [1.82, 2.24) is 9.80 Å². The molecule has 0 aliphatic carbocycles. The number of nitrogens with zero attached hydrogens (tertiary/aromatic N) is 2. The average molecular weight is 1100 g/mol. The van der Waals surface area contributed by atoms with Gasteiger partial charge in [-0.05, 0) is 123 Å². The zero-order chi connectivity index (χ0) is 56.6. The van der Waals surface area contributed by atoms with Crippen LogP contribution in [0.25, 0.3) is 0 Å². The van der Waals surface area contributed by atoms with Crippen LogP contribution in [0.1, 0.15) is 336 Å². The third-order valence-corrected chi connectivity index (χ3v) is 16.3. The van der Waals surface area contributed by atoms with Gasteiger partial charge < -0.3 is 29.9 Å². The van der Waals surface area contributed by atoms with Gasteiger partial charge in [0.05, 0.1) is 6.61 Å². The Morgan fingerprint density at radius 2 is 0.628 bits per heavy atom. The van der Waals surface area contributed by atoms with Gasteiger partial charge in [-0.2, -0.15) is 0 Å². The van der Waals surface area contributed by atoms with E-state index in [0.29, 0.717) is 43.9 Å². The summed E-state index contributed by atoms with van der Waals surface area (Å²) in [4.78, 5) is 56.1. The SMILES string of the molecule is CCCCCCCCCOC(=O)CCCCCCCN(CCCCCCCC(=O)OC(CCCCCCCC)CCCCCCCC)CCCNc1c(NCCCN(CCCCCCCC)CCCCCCCC)c(=O)c1=O. The largest absolute Gasteiger partial charge is 0.466 e. The van der Waals surface area contributed by atoms with E-state index in [1.165, 1.54) is 173 Å². The normalized spacial score (nSPS) is 11.7. The van der Waals surface area contributed by atoms with Crippen LogP contribution < -0.4 is 21.5 Å². The zero-order valence-corrected chi connectivity index (χ0v) is 52.5. The monoisotopic (exact) mass is 1100 g/mol. The number of ether oxygens (including phenoxy) is 2. The highest BCUT2D eigenvalue weighted by Crippen LogP contribution is 2.20. The van der Waals surface area contributed by atoms with E-state index in [9.17, 15) is 19.2 Å². The lowest BCUT2D eigenvalue weighted by Crippen LogP contribution is -2.38. The van der Waals surface area contributed by atoms with Crippen molar-refractivity contribution in [2.24, 2.45) is 0 Å². The maximum absolute atomic E-state index is 13.0. The van der Waals surface area contributed by atoms with E-state index in [2.05, 4.69) is 55.1 Å². The summed E-state index contributed by atoms with van der Waals surface area (Å²) in [5.74, 6) is -0.0419. The second-order valence-corrected chi connectivity index (χ2v) is 23.8. The number of esters is 2. The molecule has 0 atom stereocenters. The Balaban J connectivity index is 2.64. The highest BCUT2D eigenvalue weighted by Gasteiger charge is 2.21. The topological polar surface area (TPSA) is 117 Å². The maximum Gasteiger partial charge on any atom is 0.306 e. The Bertz CT molecular complexity index is 1500. The van der Waals surface area contributed by atoms with Crippen LogP contribution in [0, 0.1) is 0 Å². The van der Waals surface area contributed by atoms with Crippen LogP contribution in [0.3, 0.4) is 0 Å². The van der Waals surface area contributed by atoms with Crippen LogP contribution in [0.4, 0.5) is 11.4 Å². The van der Waals surface area contributed by atoms with Crippen LogP contribution >= 0.6 is 0 Å². The summed E-state index contributed by atoms with van der Waals surface area (Å²) in [5.41, 5.74) is 0.173. The molecule has 458 valence electrons. The lowest BCUT2D eigenvalue weighted by atomic mass is 10.0. The molecular formula is C68H130N4O6. The van der Waals surface area contributed by atoms with Crippen molar-refractivity contribution in [1.29, 1.82) is 0 Å². The molecule has 10 heteroatoms. The van der Waals surface area contributed by atoms with Crippen LogP contribution in [0.2, 0.25) is 0 Å². The minimum Gasteiger partial charge on any atom is -0.466 e. The van der Waals surface area contributed by atoms with Crippen molar-refractivity contribution in [3.05, 3.63) is 20.4 Å². The summed E-state index contributed by atoms with van der Waals surface area (Å²) in [7, 11) is 0. The first-order valence-corrected chi connectivity index (χ1v) is 34.4. The summed E-state index contributed by atoms with van der Waals surface area (Å²) < 4.78 is 11.6. The number of hydrogen-bond acceptors (Lipinski definition) is 10. The molecule has 1 aromatic carbocycles. The third-order valence-electron chi connectivity index (χ3n) is 16.3. The second kappa shape index (κ2) is 56.4. The zero-order valence-electron chi connectivity index (χ0n) is 52.5. The minimum absolute atomic E-state index is 0.00151. The highest BCUT2D eigenvalue weighted by molar-refractivity contribution is 5.74. The van der Waals surface area contributed by atoms with Gasteiger partial charge in [-0.25, -0.2) is 0 Å². The molecule has 0 saturated heterocycles. The van der Waals surface area contributed by atoms with Crippen LogP contribution in [0.5, 0.6) is 0 Å². The fraction of sp³-hybridized carbons (Fsp3) is 0.912. The molecule has 78 heavy (non-hydrogen) atoms. The number of carbonyl (C=O) groups excluding carboxylic acids is 2. The van der Waals surface area contributed by atoms with Gasteiger partial charge >= 0.3 is 11.9 Å². The Labute approximate surface area is 482 Å². The van der Waals surface area contributed by atoms with Gasteiger partial charge in [0.2, 0.25) is 0 Å². The Hall–Kier alpha value is -2.46. The maximum atomic E-state index is 13.0. The predicted molar refractivity (Wildman–Crippen MR) is 337 cm³/mol. The van der Waals surface area contributed by atoms with Crippen molar-refractivity contribution < 1.29 is 19.1 Å². The molecule has 1 rings (SSSR count). The number of hydrogen-bond donors (Lipinski definition) is 2. The van der Waals surface area contributed by atoms with Gasteiger partial charge in [-0.15, -0.1) is 0 Å². The number of rotatable bonds is 63. The smallest absolute Gasteiger partial charge is 0.306 e. The van der Waals surface area contributed by atoms with E-state index in [1.54, 1.807) is 0 Å². The molecule has 10 nitrogen and oxygen atoms in total. The number of anilines is 2. The van der Waals surface area contributed by atoms with Gasteiger partial charge in [-0.3, -0.25) is 19.2 Å². The van der Waals surface area contributed by atoms with E-state index < -0.39 is 5.43 Å². The van der Waals surface area contributed by atoms with Gasteiger partial charge in [-0.1, -0.05) is 240 Å². The molecule has 0 spiro atoms. The van der Waals surface area contributed by atoms with Gasteiger partial charge in [0, 0.05) is 25.9 Å². The molecule has 0 aromatic heterocycles. The van der Waals surface area contributed by atoms with Crippen LogP contribution in [-0.2, 0) is 19.1 Å². The van der Waals surface area contributed by atoms with Crippen LogP contribution in [0.15, 0.2) is 9.59 Å². The molecule has 0 unspecified atom stereocenters. The first-order valence-electron chi connectivity index (χ1n) is 34.4. The molecule has 0 fully saturated rings. The quantitative estimate of drug-likeness (QED) is 0.0371. The first kappa shape index (κ1) is 73.6. The molecule has 2 N–H and O–H groups in total. The van der Waals surface area contributed by atoms with E-state index in [0.717, 1.165) is 155 Å². The van der Waals surface area contributed by atoms with Crippen molar-refractivity contribution >= 4 is 23.3 Å². The Kier molecular flexibility index (Phi) is 53.2. The molecule has 0 saturated carbocycles. The minimum atomic E-state index is -0.391. The summed E-state index contributed by atoms with van der Waals surface area (Å²) >= 11 is 0. The van der Waals surface area contributed by atoms with E-state index in [-0.39, 0.29) is 23.5 Å². The van der Waals surface area contributed by atoms with Gasteiger partial charge in [0.1, 0.15) is 17.5 Å². The van der Waals surface area contributed by atoms with Gasteiger partial charge in [0.25, 0.3) is 10.9 Å². The summed E-state index contributed by atoms with van der Waals surface area (Å²) in [6.07, 6.45) is 55.2. The molecular weight excluding hydrogens is 969 g/mol. The summed E-state index contributed by atoms with van der Waals surface area (Å²) in [5, 5.41) is 6.72.